The van der Waals surface area contributed by atoms with Crippen molar-refractivity contribution in [3.8, 4) is 5.75 Å². The van der Waals surface area contributed by atoms with Crippen LogP contribution in [-0.2, 0) is 11.4 Å². The first-order valence-corrected chi connectivity index (χ1v) is 13.0. The van der Waals surface area contributed by atoms with Crippen molar-refractivity contribution in [1.82, 2.24) is 9.88 Å². The van der Waals surface area contributed by atoms with Crippen LogP contribution in [0.2, 0.25) is 5.02 Å². The molecule has 0 bridgehead atoms. The molecule has 2 heterocycles. The third-order valence-electron chi connectivity index (χ3n) is 6.18. The number of rotatable bonds is 6. The van der Waals surface area contributed by atoms with Gasteiger partial charge in [0.25, 0.3) is 5.91 Å². The van der Waals surface area contributed by atoms with Gasteiger partial charge in [-0.05, 0) is 66.6 Å². The molecule has 5 rings (SSSR count). The van der Waals surface area contributed by atoms with Crippen molar-refractivity contribution in [1.29, 1.82) is 0 Å². The molecule has 2 aliphatic rings. The number of halogens is 1. The molecule has 0 atom stereocenters. The maximum Gasteiger partial charge on any atom is 0.267 e. The van der Waals surface area contributed by atoms with E-state index in [1.165, 1.54) is 18.2 Å². The number of aliphatic imine (C=N–C) groups is 1. The van der Waals surface area contributed by atoms with E-state index < -0.39 is 0 Å². The first-order chi connectivity index (χ1) is 17.2. The van der Waals surface area contributed by atoms with Crippen LogP contribution in [0, 0.1) is 0 Å². The fourth-order valence-corrected chi connectivity index (χ4v) is 5.59. The Kier molecular flexibility index (Phi) is 7.50. The zero-order valence-electron chi connectivity index (χ0n) is 19.3. The minimum atomic E-state index is 0.0311. The Morgan fingerprint density at radius 3 is 2.60 bits per heavy atom. The van der Waals surface area contributed by atoms with E-state index in [0.717, 1.165) is 53.4 Å². The second kappa shape index (κ2) is 11.1. The number of amidine groups is 1. The quantitative estimate of drug-likeness (QED) is 0.332. The highest BCUT2D eigenvalue weighted by molar-refractivity contribution is 8.18. The van der Waals surface area contributed by atoms with Crippen LogP contribution in [0.3, 0.4) is 0 Å². The molecule has 1 amide bonds. The van der Waals surface area contributed by atoms with Crippen molar-refractivity contribution in [2.24, 2.45) is 4.99 Å². The van der Waals surface area contributed by atoms with Crippen molar-refractivity contribution in [3.05, 3.63) is 94.1 Å². The van der Waals surface area contributed by atoms with Gasteiger partial charge < -0.3 is 4.74 Å². The molecule has 1 aliphatic carbocycles. The van der Waals surface area contributed by atoms with E-state index in [2.05, 4.69) is 4.98 Å². The summed E-state index contributed by atoms with van der Waals surface area (Å²) in [6, 6.07) is 19.4. The Bertz CT molecular complexity index is 1240. The van der Waals surface area contributed by atoms with Gasteiger partial charge in [-0.1, -0.05) is 61.2 Å². The van der Waals surface area contributed by atoms with E-state index in [9.17, 15) is 4.79 Å². The number of hydrogen-bond acceptors (Lipinski definition) is 5. The highest BCUT2D eigenvalue weighted by Crippen LogP contribution is 2.38. The van der Waals surface area contributed by atoms with Crippen LogP contribution in [0.25, 0.3) is 6.08 Å². The Hall–Kier alpha value is -3.09. The largest absolute Gasteiger partial charge is 0.489 e. The van der Waals surface area contributed by atoms with E-state index in [1.807, 2.05) is 71.6 Å². The molecule has 178 valence electrons. The molecule has 7 heteroatoms. The highest BCUT2D eigenvalue weighted by atomic mass is 35.5. The average molecular weight is 504 g/mol. The first-order valence-electron chi connectivity index (χ1n) is 11.9. The van der Waals surface area contributed by atoms with E-state index in [0.29, 0.717) is 16.5 Å². The van der Waals surface area contributed by atoms with Gasteiger partial charge in [-0.2, -0.15) is 0 Å². The zero-order valence-corrected chi connectivity index (χ0v) is 20.8. The number of pyridine rings is 1. The summed E-state index contributed by atoms with van der Waals surface area (Å²) in [7, 11) is 0. The predicted octanol–water partition coefficient (Wildman–Crippen LogP) is 7.25. The summed E-state index contributed by atoms with van der Waals surface area (Å²) in [5.41, 5.74) is 2.64. The lowest BCUT2D eigenvalue weighted by Crippen LogP contribution is -2.40. The van der Waals surface area contributed by atoms with Crippen LogP contribution in [-0.4, -0.2) is 27.0 Å². The second-order valence-corrected chi connectivity index (χ2v) is 10.0. The maximum atomic E-state index is 13.5. The summed E-state index contributed by atoms with van der Waals surface area (Å²) < 4.78 is 5.89. The number of amides is 1. The van der Waals surface area contributed by atoms with Crippen LogP contribution in [0.4, 0.5) is 5.69 Å². The number of carbonyl (C=O) groups is 1. The standard InChI is InChI=1S/C28H26ClN3O2S/c29-25-11-5-4-7-21(25)19-34-24-14-12-20(13-15-24)17-26-27(33)32(23-9-2-1-3-10-23)28(35-26)31-22-8-6-16-30-18-22/h4-8,11-18,23H,1-3,9-10,19H2/b26-17-,31-28?. The molecule has 0 unspecified atom stereocenters. The normalized spacial score (nSPS) is 19.0. The Morgan fingerprint density at radius 1 is 1.06 bits per heavy atom. The van der Waals surface area contributed by atoms with E-state index in [4.69, 9.17) is 21.3 Å². The number of hydrogen-bond donors (Lipinski definition) is 0. The van der Waals surface area contributed by atoms with Gasteiger partial charge in [0.1, 0.15) is 12.4 Å². The summed E-state index contributed by atoms with van der Waals surface area (Å²) in [5, 5.41) is 1.43. The van der Waals surface area contributed by atoms with Crippen LogP contribution in [0.15, 0.2) is 83.0 Å². The molecule has 5 nitrogen and oxygen atoms in total. The molecule has 2 aromatic carbocycles. The number of benzene rings is 2. The summed E-state index contributed by atoms with van der Waals surface area (Å²) in [5.74, 6) is 0.781. The fourth-order valence-electron chi connectivity index (χ4n) is 4.34. The number of nitrogens with zero attached hydrogens (tertiary/aromatic N) is 3. The Morgan fingerprint density at radius 2 is 1.86 bits per heavy atom. The Labute approximate surface area is 214 Å². The van der Waals surface area contributed by atoms with Gasteiger partial charge in [-0.3, -0.25) is 14.7 Å². The van der Waals surface area contributed by atoms with Gasteiger partial charge in [0.15, 0.2) is 5.17 Å². The first kappa shape index (κ1) is 23.6. The molecule has 2 fully saturated rings. The van der Waals surface area contributed by atoms with Crippen molar-refractivity contribution in [3.63, 3.8) is 0 Å². The lowest BCUT2D eigenvalue weighted by atomic mass is 9.94. The molecular formula is C28H26ClN3O2S. The third kappa shape index (κ3) is 5.77. The SMILES string of the molecule is O=C1/C(=C/c2ccc(OCc3ccccc3Cl)cc2)SC(=Nc2cccnc2)N1C1CCCCC1. The van der Waals surface area contributed by atoms with Gasteiger partial charge >= 0.3 is 0 Å². The molecule has 1 saturated carbocycles. The van der Waals surface area contributed by atoms with Gasteiger partial charge in [0.2, 0.25) is 0 Å². The average Bonchev–Trinajstić information content (AvgIpc) is 3.19. The number of ether oxygens (including phenoxy) is 1. The summed E-state index contributed by atoms with van der Waals surface area (Å²) in [6.07, 6.45) is 10.9. The third-order valence-corrected chi connectivity index (χ3v) is 7.53. The predicted molar refractivity (Wildman–Crippen MR) is 143 cm³/mol. The van der Waals surface area contributed by atoms with E-state index in [1.54, 1.807) is 12.4 Å². The molecule has 1 aliphatic heterocycles. The fraction of sp³-hybridized carbons (Fsp3) is 0.250. The molecule has 35 heavy (non-hydrogen) atoms. The highest BCUT2D eigenvalue weighted by Gasteiger charge is 2.38. The Balaban J connectivity index is 1.34. The molecule has 1 aromatic heterocycles. The zero-order chi connectivity index (χ0) is 24.0. The molecule has 1 saturated heterocycles. The van der Waals surface area contributed by atoms with Crippen LogP contribution < -0.4 is 4.74 Å². The maximum absolute atomic E-state index is 13.5. The molecule has 0 N–H and O–H groups in total. The van der Waals surface area contributed by atoms with Crippen LogP contribution in [0.5, 0.6) is 5.75 Å². The van der Waals surface area contributed by atoms with Crippen molar-refractivity contribution >= 4 is 46.2 Å². The van der Waals surface area contributed by atoms with Crippen molar-refractivity contribution < 1.29 is 9.53 Å². The van der Waals surface area contributed by atoms with Crippen LogP contribution >= 0.6 is 23.4 Å². The van der Waals surface area contributed by atoms with Crippen molar-refractivity contribution in [2.75, 3.05) is 0 Å². The lowest BCUT2D eigenvalue weighted by molar-refractivity contribution is -0.124. The lowest BCUT2D eigenvalue weighted by Gasteiger charge is -2.30. The smallest absolute Gasteiger partial charge is 0.267 e. The molecule has 0 spiro atoms. The minimum absolute atomic E-state index is 0.0311. The molecule has 3 aromatic rings. The van der Waals surface area contributed by atoms with Gasteiger partial charge in [-0.15, -0.1) is 0 Å². The second-order valence-electron chi connectivity index (χ2n) is 8.63. The number of carbonyl (C=O) groups excluding carboxylic acids is 1. The minimum Gasteiger partial charge on any atom is -0.489 e. The number of aromatic nitrogens is 1. The van der Waals surface area contributed by atoms with Crippen molar-refractivity contribution in [2.45, 2.75) is 44.8 Å². The number of thioether (sulfide) groups is 1. The topological polar surface area (TPSA) is 54.8 Å². The van der Waals surface area contributed by atoms with Crippen LogP contribution in [0.1, 0.15) is 43.2 Å². The monoisotopic (exact) mass is 503 g/mol. The van der Waals surface area contributed by atoms with Gasteiger partial charge in [0, 0.05) is 22.8 Å². The summed E-state index contributed by atoms with van der Waals surface area (Å²) in [6.45, 7) is 0.402. The van der Waals surface area contributed by atoms with Gasteiger partial charge in [0.05, 0.1) is 16.8 Å². The van der Waals surface area contributed by atoms with E-state index >= 15 is 0 Å². The molecule has 0 radical (unpaired) electrons. The summed E-state index contributed by atoms with van der Waals surface area (Å²) in [4.78, 5) is 25.0. The van der Waals surface area contributed by atoms with Gasteiger partial charge in [-0.25, -0.2) is 4.99 Å². The molecular weight excluding hydrogens is 478 g/mol. The van der Waals surface area contributed by atoms with E-state index in [-0.39, 0.29) is 11.9 Å². The summed E-state index contributed by atoms with van der Waals surface area (Å²) >= 11 is 7.65.